The van der Waals surface area contributed by atoms with Crippen LogP contribution in [0.1, 0.15) is 12.5 Å². The summed E-state index contributed by atoms with van der Waals surface area (Å²) in [6.07, 6.45) is 1.60. The second kappa shape index (κ2) is 8.54. The number of amides is 2. The van der Waals surface area contributed by atoms with Crippen molar-refractivity contribution < 1.29 is 19.1 Å². The van der Waals surface area contributed by atoms with Gasteiger partial charge in [0.05, 0.1) is 19.9 Å². The summed E-state index contributed by atoms with van der Waals surface area (Å²) in [6.45, 7) is 1.35. The number of benzene rings is 2. The van der Waals surface area contributed by atoms with Gasteiger partial charge in [-0.25, -0.2) is 0 Å². The van der Waals surface area contributed by atoms with Gasteiger partial charge in [-0.3, -0.25) is 9.59 Å². The number of nitrogens with one attached hydrogen (secondary N) is 2. The summed E-state index contributed by atoms with van der Waals surface area (Å²) >= 11 is 0. The van der Waals surface area contributed by atoms with Crippen LogP contribution in [-0.2, 0) is 9.59 Å². The lowest BCUT2D eigenvalue weighted by molar-refractivity contribution is -0.120. The number of hydrogen-bond donors (Lipinski definition) is 2. The van der Waals surface area contributed by atoms with Gasteiger partial charge in [-0.1, -0.05) is 30.3 Å². The standard InChI is InChI=1S/C19H20N2O4/c1-13(22)20-17(11-14-7-5-4-6-8-14)19(23)21-16-12-15(24-2)9-10-18(16)25-3/h4-12H,1-3H3,(H,20,22)(H,21,23)/b17-11-. The molecule has 0 spiro atoms. The van der Waals surface area contributed by atoms with Gasteiger partial charge < -0.3 is 20.1 Å². The molecule has 25 heavy (non-hydrogen) atoms. The molecule has 0 bridgehead atoms. The molecule has 2 aromatic rings. The monoisotopic (exact) mass is 340 g/mol. The third-order valence-electron chi connectivity index (χ3n) is 3.32. The molecule has 2 rings (SSSR count). The van der Waals surface area contributed by atoms with Crippen molar-refractivity contribution in [2.75, 3.05) is 19.5 Å². The molecule has 0 aliphatic rings. The maximum absolute atomic E-state index is 12.6. The van der Waals surface area contributed by atoms with E-state index >= 15 is 0 Å². The quantitative estimate of drug-likeness (QED) is 0.793. The molecular formula is C19H20N2O4. The molecule has 0 radical (unpaired) electrons. The van der Waals surface area contributed by atoms with Crippen molar-refractivity contribution in [1.82, 2.24) is 5.32 Å². The van der Waals surface area contributed by atoms with Crippen LogP contribution in [0.5, 0.6) is 11.5 Å². The maximum atomic E-state index is 12.6. The van der Waals surface area contributed by atoms with Gasteiger partial charge in [-0.05, 0) is 23.8 Å². The first-order valence-corrected chi connectivity index (χ1v) is 7.61. The smallest absolute Gasteiger partial charge is 0.272 e. The van der Waals surface area contributed by atoms with E-state index in [1.165, 1.54) is 21.1 Å². The Morgan fingerprint density at radius 1 is 1.00 bits per heavy atom. The Kier molecular flexibility index (Phi) is 6.17. The zero-order valence-electron chi connectivity index (χ0n) is 14.3. The van der Waals surface area contributed by atoms with Crippen LogP contribution >= 0.6 is 0 Å². The highest BCUT2D eigenvalue weighted by atomic mass is 16.5. The fraction of sp³-hybridized carbons (Fsp3) is 0.158. The molecule has 0 heterocycles. The van der Waals surface area contributed by atoms with Gasteiger partial charge in [0.2, 0.25) is 5.91 Å². The molecule has 6 heteroatoms. The zero-order valence-corrected chi connectivity index (χ0v) is 14.3. The van der Waals surface area contributed by atoms with Crippen LogP contribution in [-0.4, -0.2) is 26.0 Å². The van der Waals surface area contributed by atoms with Crippen molar-refractivity contribution >= 4 is 23.6 Å². The van der Waals surface area contributed by atoms with Gasteiger partial charge in [0.15, 0.2) is 0 Å². The van der Waals surface area contributed by atoms with Gasteiger partial charge >= 0.3 is 0 Å². The Balaban J connectivity index is 2.31. The Bertz CT molecular complexity index is 785. The summed E-state index contributed by atoms with van der Waals surface area (Å²) in [6, 6.07) is 14.3. The van der Waals surface area contributed by atoms with Crippen LogP contribution in [0, 0.1) is 0 Å². The molecule has 0 saturated heterocycles. The van der Waals surface area contributed by atoms with Crippen LogP contribution < -0.4 is 20.1 Å². The normalized spacial score (nSPS) is 10.8. The Hall–Kier alpha value is -3.28. The van der Waals surface area contributed by atoms with E-state index < -0.39 is 5.91 Å². The molecular weight excluding hydrogens is 320 g/mol. The predicted octanol–water partition coefficient (Wildman–Crippen LogP) is 2.82. The molecule has 0 saturated carbocycles. The summed E-state index contributed by atoms with van der Waals surface area (Å²) in [5.74, 6) is 0.251. The SMILES string of the molecule is COc1ccc(OC)c(NC(=O)/C(=C/c2ccccc2)NC(C)=O)c1. The molecule has 0 aliphatic carbocycles. The fourth-order valence-corrected chi connectivity index (χ4v) is 2.17. The molecule has 0 fully saturated rings. The lowest BCUT2D eigenvalue weighted by Gasteiger charge is -2.13. The van der Waals surface area contributed by atoms with Gasteiger partial charge in [0.25, 0.3) is 5.91 Å². The molecule has 0 unspecified atom stereocenters. The van der Waals surface area contributed by atoms with Gasteiger partial charge in [0, 0.05) is 13.0 Å². The minimum absolute atomic E-state index is 0.128. The van der Waals surface area contributed by atoms with Crippen LogP contribution in [0.25, 0.3) is 6.08 Å². The summed E-state index contributed by atoms with van der Waals surface area (Å²) in [4.78, 5) is 24.1. The number of carbonyl (C=O) groups excluding carboxylic acids is 2. The average Bonchev–Trinajstić information content (AvgIpc) is 2.61. The summed E-state index contributed by atoms with van der Waals surface area (Å²) in [5, 5.41) is 5.29. The number of ether oxygens (including phenoxy) is 2. The van der Waals surface area contributed by atoms with Crippen LogP contribution in [0.15, 0.2) is 54.2 Å². The lowest BCUT2D eigenvalue weighted by atomic mass is 10.2. The fourth-order valence-electron chi connectivity index (χ4n) is 2.17. The molecule has 0 atom stereocenters. The van der Waals surface area contributed by atoms with E-state index in [2.05, 4.69) is 10.6 Å². The lowest BCUT2D eigenvalue weighted by Crippen LogP contribution is -2.29. The molecule has 0 aliphatic heterocycles. The first kappa shape index (κ1) is 18.1. The number of methoxy groups -OCH3 is 2. The Morgan fingerprint density at radius 2 is 1.72 bits per heavy atom. The minimum atomic E-state index is -0.467. The zero-order chi connectivity index (χ0) is 18.2. The second-order valence-corrected chi connectivity index (χ2v) is 5.17. The first-order valence-electron chi connectivity index (χ1n) is 7.61. The van der Waals surface area contributed by atoms with E-state index in [9.17, 15) is 9.59 Å². The molecule has 2 aromatic carbocycles. The Morgan fingerprint density at radius 3 is 2.32 bits per heavy atom. The minimum Gasteiger partial charge on any atom is -0.497 e. The van der Waals surface area contributed by atoms with Gasteiger partial charge in [0.1, 0.15) is 17.2 Å². The highest BCUT2D eigenvalue weighted by Gasteiger charge is 2.14. The average molecular weight is 340 g/mol. The summed E-state index contributed by atoms with van der Waals surface area (Å²) < 4.78 is 10.4. The van der Waals surface area contributed by atoms with Crippen molar-refractivity contribution in [3.8, 4) is 11.5 Å². The van der Waals surface area contributed by atoms with E-state index in [0.717, 1.165) is 5.56 Å². The number of rotatable bonds is 6. The highest BCUT2D eigenvalue weighted by molar-refractivity contribution is 6.09. The summed E-state index contributed by atoms with van der Waals surface area (Å²) in [7, 11) is 3.04. The van der Waals surface area contributed by atoms with Crippen molar-refractivity contribution in [2.45, 2.75) is 6.92 Å². The third kappa shape index (κ3) is 5.10. The van der Waals surface area contributed by atoms with Gasteiger partial charge in [-0.2, -0.15) is 0 Å². The third-order valence-corrected chi connectivity index (χ3v) is 3.32. The Labute approximate surface area is 146 Å². The first-order chi connectivity index (χ1) is 12.0. The summed E-state index contributed by atoms with van der Waals surface area (Å²) in [5.41, 5.74) is 1.36. The van der Waals surface area contributed by atoms with Crippen LogP contribution in [0.3, 0.4) is 0 Å². The number of hydrogen-bond acceptors (Lipinski definition) is 4. The largest absolute Gasteiger partial charge is 0.497 e. The van der Waals surface area contributed by atoms with E-state index in [0.29, 0.717) is 17.2 Å². The van der Waals surface area contributed by atoms with E-state index in [-0.39, 0.29) is 11.6 Å². The molecule has 6 nitrogen and oxygen atoms in total. The number of anilines is 1. The van der Waals surface area contributed by atoms with Gasteiger partial charge in [-0.15, -0.1) is 0 Å². The van der Waals surface area contributed by atoms with E-state index in [1.807, 2.05) is 30.3 Å². The number of carbonyl (C=O) groups is 2. The molecule has 2 N–H and O–H groups in total. The second-order valence-electron chi connectivity index (χ2n) is 5.17. The van der Waals surface area contributed by atoms with E-state index in [4.69, 9.17) is 9.47 Å². The maximum Gasteiger partial charge on any atom is 0.272 e. The molecule has 2 amide bonds. The van der Waals surface area contributed by atoms with Crippen molar-refractivity contribution in [1.29, 1.82) is 0 Å². The highest BCUT2D eigenvalue weighted by Crippen LogP contribution is 2.29. The topological polar surface area (TPSA) is 76.7 Å². The van der Waals surface area contributed by atoms with Crippen molar-refractivity contribution in [3.63, 3.8) is 0 Å². The van der Waals surface area contributed by atoms with Crippen LogP contribution in [0.2, 0.25) is 0 Å². The molecule has 0 aromatic heterocycles. The van der Waals surface area contributed by atoms with E-state index in [1.54, 1.807) is 24.3 Å². The molecule has 130 valence electrons. The van der Waals surface area contributed by atoms with Crippen molar-refractivity contribution in [3.05, 3.63) is 59.8 Å². The predicted molar refractivity (Wildman–Crippen MR) is 96.4 cm³/mol. The van der Waals surface area contributed by atoms with Crippen molar-refractivity contribution in [2.24, 2.45) is 0 Å². The van der Waals surface area contributed by atoms with Crippen LogP contribution in [0.4, 0.5) is 5.69 Å².